The van der Waals surface area contributed by atoms with Crippen LogP contribution in [-0.2, 0) is 0 Å². The molecule has 0 saturated carbocycles. The predicted octanol–water partition coefficient (Wildman–Crippen LogP) is 3.92. The first-order valence-corrected chi connectivity index (χ1v) is 8.49. The molecule has 1 heterocycles. The van der Waals surface area contributed by atoms with Crippen molar-refractivity contribution in [3.05, 3.63) is 88.0 Å². The number of carbonyl (C=O) groups is 1. The number of nitro groups is 1. The van der Waals surface area contributed by atoms with Gasteiger partial charge in [-0.2, -0.15) is 0 Å². The lowest BCUT2D eigenvalue weighted by Crippen LogP contribution is -2.29. The van der Waals surface area contributed by atoms with Gasteiger partial charge in [-0.3, -0.25) is 14.9 Å². The maximum absolute atomic E-state index is 12.9. The smallest absolute Gasteiger partial charge is 0.294 e. The minimum absolute atomic E-state index is 0.143. The quantitative estimate of drug-likeness (QED) is 0.507. The molecule has 2 aromatic carbocycles. The molecule has 0 aliphatic rings. The Morgan fingerprint density at radius 3 is 2.52 bits per heavy atom. The van der Waals surface area contributed by atoms with Crippen LogP contribution in [0.4, 0.5) is 5.69 Å². The zero-order chi connectivity index (χ0) is 19.6. The highest BCUT2D eigenvalue weighted by atomic mass is 16.6. The van der Waals surface area contributed by atoms with E-state index in [1.807, 2.05) is 38.1 Å². The zero-order valence-electron chi connectivity index (χ0n) is 15.4. The van der Waals surface area contributed by atoms with Crippen molar-refractivity contribution >= 4 is 11.6 Å². The van der Waals surface area contributed by atoms with Gasteiger partial charge in [0.1, 0.15) is 5.69 Å². The Kier molecular flexibility index (Phi) is 5.03. The van der Waals surface area contributed by atoms with Crippen LogP contribution < -0.4 is 0 Å². The molecule has 3 aromatic rings. The fourth-order valence-electron chi connectivity index (χ4n) is 2.87. The van der Waals surface area contributed by atoms with E-state index in [0.717, 1.165) is 11.1 Å². The molecule has 0 spiro atoms. The predicted molar refractivity (Wildman–Crippen MR) is 102 cm³/mol. The van der Waals surface area contributed by atoms with Crippen LogP contribution in [0.25, 0.3) is 5.69 Å². The normalized spacial score (nSPS) is 11.8. The van der Waals surface area contributed by atoms with Crippen molar-refractivity contribution in [1.82, 2.24) is 14.5 Å². The Bertz CT molecular complexity index is 965. The van der Waals surface area contributed by atoms with Gasteiger partial charge in [-0.05, 0) is 31.5 Å². The monoisotopic (exact) mass is 364 g/mol. The van der Waals surface area contributed by atoms with Crippen molar-refractivity contribution in [3.63, 3.8) is 0 Å². The van der Waals surface area contributed by atoms with Gasteiger partial charge in [-0.25, -0.2) is 4.98 Å². The van der Waals surface area contributed by atoms with Gasteiger partial charge in [-0.15, -0.1) is 0 Å². The second kappa shape index (κ2) is 7.41. The van der Waals surface area contributed by atoms with Gasteiger partial charge in [0.15, 0.2) is 0 Å². The van der Waals surface area contributed by atoms with E-state index in [9.17, 15) is 14.9 Å². The summed E-state index contributed by atoms with van der Waals surface area (Å²) in [6, 6.07) is 12.3. The third kappa shape index (κ3) is 3.72. The standard InChI is InChI=1S/C20H20N4O3/c1-14-4-6-16(7-5-14)15(2)22(3)20(25)17-8-9-18(19(12-17)24(26)27)23-11-10-21-13-23/h4-13,15H,1-3H3. The van der Waals surface area contributed by atoms with Crippen LogP contribution in [0.3, 0.4) is 0 Å². The molecule has 1 aromatic heterocycles. The molecule has 0 radical (unpaired) electrons. The summed E-state index contributed by atoms with van der Waals surface area (Å²) in [5.41, 5.74) is 2.64. The van der Waals surface area contributed by atoms with E-state index in [4.69, 9.17) is 0 Å². The van der Waals surface area contributed by atoms with Crippen LogP contribution >= 0.6 is 0 Å². The van der Waals surface area contributed by atoms with Crippen LogP contribution in [0.15, 0.2) is 61.2 Å². The van der Waals surface area contributed by atoms with E-state index in [1.54, 1.807) is 41.0 Å². The number of benzene rings is 2. The SMILES string of the molecule is Cc1ccc(C(C)N(C)C(=O)c2ccc(-n3ccnc3)c([N+](=O)[O-])c2)cc1. The molecule has 1 amide bonds. The lowest BCUT2D eigenvalue weighted by molar-refractivity contribution is -0.384. The molecule has 1 unspecified atom stereocenters. The Morgan fingerprint density at radius 2 is 1.93 bits per heavy atom. The molecule has 138 valence electrons. The molecule has 1 atom stereocenters. The fourth-order valence-corrected chi connectivity index (χ4v) is 2.87. The molecule has 0 bridgehead atoms. The van der Waals surface area contributed by atoms with Crippen LogP contribution in [0, 0.1) is 17.0 Å². The van der Waals surface area contributed by atoms with E-state index < -0.39 is 4.92 Å². The first-order chi connectivity index (χ1) is 12.9. The minimum Gasteiger partial charge on any atom is -0.335 e. The Labute approximate surface area is 157 Å². The number of aromatic nitrogens is 2. The van der Waals surface area contributed by atoms with Gasteiger partial charge >= 0.3 is 0 Å². The van der Waals surface area contributed by atoms with Crippen LogP contribution in [0.2, 0.25) is 0 Å². The van der Waals surface area contributed by atoms with E-state index in [0.29, 0.717) is 5.69 Å². The van der Waals surface area contributed by atoms with E-state index in [1.165, 1.54) is 12.4 Å². The van der Waals surface area contributed by atoms with Crippen molar-refractivity contribution in [2.45, 2.75) is 19.9 Å². The number of carbonyl (C=O) groups excluding carboxylic acids is 1. The van der Waals surface area contributed by atoms with Gasteiger partial charge in [0.05, 0.1) is 17.3 Å². The summed E-state index contributed by atoms with van der Waals surface area (Å²) in [5, 5.41) is 11.5. The number of rotatable bonds is 5. The van der Waals surface area contributed by atoms with Crippen molar-refractivity contribution in [2.24, 2.45) is 0 Å². The summed E-state index contributed by atoms with van der Waals surface area (Å²) in [7, 11) is 1.70. The van der Waals surface area contributed by atoms with Crippen molar-refractivity contribution in [3.8, 4) is 5.69 Å². The average molecular weight is 364 g/mol. The molecule has 0 aliphatic carbocycles. The second-order valence-corrected chi connectivity index (χ2v) is 6.43. The topological polar surface area (TPSA) is 81.3 Å². The molecule has 27 heavy (non-hydrogen) atoms. The number of hydrogen-bond acceptors (Lipinski definition) is 4. The summed E-state index contributed by atoms with van der Waals surface area (Å²) in [5.74, 6) is -0.275. The highest BCUT2D eigenvalue weighted by molar-refractivity contribution is 5.95. The number of imidazole rings is 1. The number of aryl methyl sites for hydroxylation is 1. The Morgan fingerprint density at radius 1 is 1.22 bits per heavy atom. The number of hydrogen-bond donors (Lipinski definition) is 0. The largest absolute Gasteiger partial charge is 0.335 e. The van der Waals surface area contributed by atoms with E-state index in [-0.39, 0.29) is 23.2 Å². The molecule has 0 N–H and O–H groups in total. The molecule has 0 saturated heterocycles. The van der Waals surface area contributed by atoms with Crippen LogP contribution in [0.5, 0.6) is 0 Å². The summed E-state index contributed by atoms with van der Waals surface area (Å²) in [6.07, 6.45) is 4.64. The highest BCUT2D eigenvalue weighted by Crippen LogP contribution is 2.27. The van der Waals surface area contributed by atoms with Gasteiger partial charge in [0.2, 0.25) is 0 Å². The molecule has 0 aliphatic heterocycles. The third-order valence-electron chi connectivity index (χ3n) is 4.66. The van der Waals surface area contributed by atoms with Crippen molar-refractivity contribution < 1.29 is 9.72 Å². The maximum atomic E-state index is 12.9. The molecule has 3 rings (SSSR count). The van der Waals surface area contributed by atoms with Crippen molar-refractivity contribution in [2.75, 3.05) is 7.05 Å². The second-order valence-electron chi connectivity index (χ2n) is 6.43. The molecule has 7 nitrogen and oxygen atoms in total. The molecular weight excluding hydrogens is 344 g/mol. The summed E-state index contributed by atoms with van der Waals surface area (Å²) >= 11 is 0. The first kappa shape index (κ1) is 18.3. The molecular formula is C20H20N4O3. The van der Waals surface area contributed by atoms with Crippen LogP contribution in [0.1, 0.15) is 34.5 Å². The molecule has 7 heteroatoms. The fraction of sp³-hybridized carbons (Fsp3) is 0.200. The summed E-state index contributed by atoms with van der Waals surface area (Å²) < 4.78 is 1.55. The van der Waals surface area contributed by atoms with E-state index in [2.05, 4.69) is 4.98 Å². The minimum atomic E-state index is -0.491. The highest BCUT2D eigenvalue weighted by Gasteiger charge is 2.23. The summed E-state index contributed by atoms with van der Waals surface area (Å²) in [4.78, 5) is 29.4. The van der Waals surface area contributed by atoms with E-state index >= 15 is 0 Å². The zero-order valence-corrected chi connectivity index (χ0v) is 15.4. The Balaban J connectivity index is 1.91. The Hall–Kier alpha value is -3.48. The molecule has 0 fully saturated rings. The lowest BCUT2D eigenvalue weighted by Gasteiger charge is -2.25. The number of amides is 1. The summed E-state index contributed by atoms with van der Waals surface area (Å²) in [6.45, 7) is 3.93. The van der Waals surface area contributed by atoms with Gasteiger partial charge in [-0.1, -0.05) is 29.8 Å². The average Bonchev–Trinajstić information content (AvgIpc) is 3.21. The van der Waals surface area contributed by atoms with Gasteiger partial charge < -0.3 is 9.47 Å². The number of nitro benzene ring substituents is 1. The first-order valence-electron chi connectivity index (χ1n) is 8.49. The van der Waals surface area contributed by atoms with Gasteiger partial charge in [0, 0.05) is 31.1 Å². The lowest BCUT2D eigenvalue weighted by atomic mass is 10.0. The van der Waals surface area contributed by atoms with Crippen molar-refractivity contribution in [1.29, 1.82) is 0 Å². The number of nitrogens with zero attached hydrogens (tertiary/aromatic N) is 4. The van der Waals surface area contributed by atoms with Crippen LogP contribution in [-0.4, -0.2) is 32.3 Å². The third-order valence-corrected chi connectivity index (χ3v) is 4.66. The maximum Gasteiger partial charge on any atom is 0.294 e. The van der Waals surface area contributed by atoms with Gasteiger partial charge in [0.25, 0.3) is 11.6 Å².